The average Bonchev–Trinajstić information content (AvgIpc) is 2.81. The molecule has 2 rings (SSSR count). The van der Waals surface area contributed by atoms with Crippen LogP contribution in [0.4, 0.5) is 0 Å². The number of hydrogen-bond donors (Lipinski definition) is 1. The third kappa shape index (κ3) is 4.39. The monoisotopic (exact) mass is 261 g/mol. The summed E-state index contributed by atoms with van der Waals surface area (Å²) >= 11 is 0. The minimum atomic E-state index is -0.207. The highest BCUT2D eigenvalue weighted by atomic mass is 16.5. The molecule has 1 heterocycles. The molecule has 0 aliphatic carbocycles. The summed E-state index contributed by atoms with van der Waals surface area (Å²) in [6, 6.07) is 8.05. The van der Waals surface area contributed by atoms with Crippen molar-refractivity contribution in [2.24, 2.45) is 0 Å². The molecule has 1 unspecified atom stereocenters. The van der Waals surface area contributed by atoms with E-state index in [4.69, 9.17) is 4.74 Å². The van der Waals surface area contributed by atoms with Crippen LogP contribution < -0.4 is 5.32 Å². The molecular formula is C15H19NO3. The highest BCUT2D eigenvalue weighted by molar-refractivity contribution is 5.78. The summed E-state index contributed by atoms with van der Waals surface area (Å²) in [4.78, 5) is 22.6. The van der Waals surface area contributed by atoms with Gasteiger partial charge in [0.15, 0.2) is 0 Å². The molecule has 0 radical (unpaired) electrons. The molecule has 1 saturated heterocycles. The van der Waals surface area contributed by atoms with Gasteiger partial charge in [0.1, 0.15) is 6.61 Å². The molecule has 0 aromatic heterocycles. The number of rotatable bonds is 5. The molecule has 1 amide bonds. The Morgan fingerprint density at radius 2 is 2.11 bits per heavy atom. The Bertz CT molecular complexity index is 453. The molecule has 1 aliphatic heterocycles. The maximum absolute atomic E-state index is 11.6. The van der Waals surface area contributed by atoms with E-state index in [1.54, 1.807) is 0 Å². The van der Waals surface area contributed by atoms with Crippen LogP contribution in [0.25, 0.3) is 0 Å². The summed E-state index contributed by atoms with van der Waals surface area (Å²) in [6.45, 7) is 2.34. The molecule has 1 N–H and O–H groups in total. The summed E-state index contributed by atoms with van der Waals surface area (Å²) in [5.41, 5.74) is 2.18. The van der Waals surface area contributed by atoms with E-state index in [1.165, 1.54) is 5.56 Å². The molecular weight excluding hydrogens is 242 g/mol. The van der Waals surface area contributed by atoms with Gasteiger partial charge in [0.05, 0.1) is 0 Å². The molecule has 0 bridgehead atoms. The number of carbonyl (C=O) groups is 2. The van der Waals surface area contributed by atoms with E-state index in [2.05, 4.69) is 5.32 Å². The van der Waals surface area contributed by atoms with Crippen LogP contribution in [0.15, 0.2) is 24.3 Å². The predicted molar refractivity (Wildman–Crippen MR) is 71.4 cm³/mol. The first-order valence-electron chi connectivity index (χ1n) is 6.64. The van der Waals surface area contributed by atoms with E-state index in [1.807, 2.05) is 31.2 Å². The molecule has 1 aromatic carbocycles. The Morgan fingerprint density at radius 1 is 1.37 bits per heavy atom. The lowest BCUT2D eigenvalue weighted by molar-refractivity contribution is -0.145. The fourth-order valence-electron chi connectivity index (χ4n) is 2.11. The number of carbonyl (C=O) groups excluding carboxylic acids is 2. The van der Waals surface area contributed by atoms with Crippen LogP contribution >= 0.6 is 0 Å². The van der Waals surface area contributed by atoms with Crippen LogP contribution in [-0.4, -0.2) is 17.9 Å². The van der Waals surface area contributed by atoms with Crippen molar-refractivity contribution in [3.05, 3.63) is 35.4 Å². The Kier molecular flexibility index (Phi) is 4.55. The van der Waals surface area contributed by atoms with Gasteiger partial charge in [-0.1, -0.05) is 29.8 Å². The van der Waals surface area contributed by atoms with Gasteiger partial charge >= 0.3 is 5.97 Å². The van der Waals surface area contributed by atoms with Crippen LogP contribution in [0.3, 0.4) is 0 Å². The molecule has 1 fully saturated rings. The minimum absolute atomic E-state index is 0.0815. The molecule has 1 aliphatic rings. The van der Waals surface area contributed by atoms with Crippen molar-refractivity contribution >= 4 is 11.9 Å². The predicted octanol–water partition coefficient (Wildman–Crippen LogP) is 2.10. The molecule has 1 aromatic rings. The van der Waals surface area contributed by atoms with Gasteiger partial charge in [-0.15, -0.1) is 0 Å². The average molecular weight is 261 g/mol. The van der Waals surface area contributed by atoms with Gasteiger partial charge in [-0.25, -0.2) is 0 Å². The van der Waals surface area contributed by atoms with Gasteiger partial charge in [-0.2, -0.15) is 0 Å². The van der Waals surface area contributed by atoms with Crippen molar-refractivity contribution in [1.82, 2.24) is 5.32 Å². The lowest BCUT2D eigenvalue weighted by Gasteiger charge is -2.09. The fraction of sp³-hybridized carbons (Fsp3) is 0.467. The van der Waals surface area contributed by atoms with Crippen LogP contribution in [0.2, 0.25) is 0 Å². The van der Waals surface area contributed by atoms with Gasteiger partial charge in [-0.05, 0) is 25.3 Å². The molecule has 4 nitrogen and oxygen atoms in total. The summed E-state index contributed by atoms with van der Waals surface area (Å²) < 4.78 is 5.20. The lowest BCUT2D eigenvalue weighted by atomic mass is 10.1. The number of benzene rings is 1. The quantitative estimate of drug-likeness (QED) is 0.826. The van der Waals surface area contributed by atoms with Gasteiger partial charge in [0.25, 0.3) is 0 Å². The third-order valence-electron chi connectivity index (χ3n) is 3.30. The number of aryl methyl sites for hydroxylation is 1. The normalized spacial score (nSPS) is 18.2. The zero-order valence-corrected chi connectivity index (χ0v) is 11.1. The summed E-state index contributed by atoms with van der Waals surface area (Å²) in [5.74, 6) is -0.125. The summed E-state index contributed by atoms with van der Waals surface area (Å²) in [5, 5.41) is 2.84. The van der Waals surface area contributed by atoms with E-state index in [0.717, 1.165) is 12.0 Å². The van der Waals surface area contributed by atoms with Crippen LogP contribution in [0.1, 0.15) is 36.8 Å². The van der Waals surface area contributed by atoms with E-state index < -0.39 is 0 Å². The molecule has 1 atom stereocenters. The number of ether oxygens (including phenoxy) is 1. The maximum Gasteiger partial charge on any atom is 0.306 e. The highest BCUT2D eigenvalue weighted by Gasteiger charge is 2.21. The molecule has 4 heteroatoms. The summed E-state index contributed by atoms with van der Waals surface area (Å²) in [7, 11) is 0. The summed E-state index contributed by atoms with van der Waals surface area (Å²) in [6.07, 6.45) is 2.42. The van der Waals surface area contributed by atoms with E-state index >= 15 is 0 Å². The van der Waals surface area contributed by atoms with Crippen molar-refractivity contribution in [2.45, 2.75) is 45.3 Å². The van der Waals surface area contributed by atoms with E-state index in [-0.39, 0.29) is 17.9 Å². The second-order valence-corrected chi connectivity index (χ2v) is 4.99. The van der Waals surface area contributed by atoms with Crippen molar-refractivity contribution in [1.29, 1.82) is 0 Å². The largest absolute Gasteiger partial charge is 0.461 e. The molecule has 0 spiro atoms. The molecule has 19 heavy (non-hydrogen) atoms. The Morgan fingerprint density at radius 3 is 2.74 bits per heavy atom. The number of esters is 1. The minimum Gasteiger partial charge on any atom is -0.461 e. The molecule has 102 valence electrons. The van der Waals surface area contributed by atoms with Gasteiger partial charge in [-0.3, -0.25) is 9.59 Å². The van der Waals surface area contributed by atoms with Crippen molar-refractivity contribution < 1.29 is 14.3 Å². The van der Waals surface area contributed by atoms with E-state index in [9.17, 15) is 9.59 Å². The van der Waals surface area contributed by atoms with Crippen LogP contribution in [0, 0.1) is 6.92 Å². The fourth-order valence-corrected chi connectivity index (χ4v) is 2.11. The zero-order valence-electron chi connectivity index (χ0n) is 11.1. The molecule has 0 saturated carbocycles. The maximum atomic E-state index is 11.6. The Balaban J connectivity index is 1.67. The standard InChI is InChI=1S/C15H19NO3/c1-11-2-4-12(5-3-11)10-19-15(18)9-7-13-6-8-14(17)16-13/h2-5,13H,6-10H2,1H3,(H,16,17). The number of nitrogens with one attached hydrogen (secondary N) is 1. The SMILES string of the molecule is Cc1ccc(COC(=O)CCC2CCC(=O)N2)cc1. The Hall–Kier alpha value is -1.84. The van der Waals surface area contributed by atoms with Crippen molar-refractivity contribution in [3.8, 4) is 0 Å². The van der Waals surface area contributed by atoms with E-state index in [0.29, 0.717) is 25.9 Å². The first-order chi connectivity index (χ1) is 9.13. The zero-order chi connectivity index (χ0) is 13.7. The van der Waals surface area contributed by atoms with Crippen LogP contribution in [-0.2, 0) is 20.9 Å². The van der Waals surface area contributed by atoms with Crippen LogP contribution in [0.5, 0.6) is 0 Å². The first-order valence-corrected chi connectivity index (χ1v) is 6.64. The van der Waals surface area contributed by atoms with Crippen molar-refractivity contribution in [2.75, 3.05) is 0 Å². The first kappa shape index (κ1) is 13.6. The second-order valence-electron chi connectivity index (χ2n) is 4.99. The second kappa shape index (κ2) is 6.36. The van der Waals surface area contributed by atoms with Crippen molar-refractivity contribution in [3.63, 3.8) is 0 Å². The Labute approximate surface area is 113 Å². The van der Waals surface area contributed by atoms with Gasteiger partial charge < -0.3 is 10.1 Å². The topological polar surface area (TPSA) is 55.4 Å². The lowest BCUT2D eigenvalue weighted by Crippen LogP contribution is -2.26. The van der Waals surface area contributed by atoms with Gasteiger partial charge in [0, 0.05) is 18.9 Å². The highest BCUT2D eigenvalue weighted by Crippen LogP contribution is 2.13. The number of hydrogen-bond acceptors (Lipinski definition) is 3. The van der Waals surface area contributed by atoms with Gasteiger partial charge in [0.2, 0.25) is 5.91 Å². The third-order valence-corrected chi connectivity index (χ3v) is 3.30. The smallest absolute Gasteiger partial charge is 0.306 e. The number of amides is 1.